The largest absolute Gasteiger partial charge is 0.476 e. The zero-order valence-electron chi connectivity index (χ0n) is 12.3. The summed E-state index contributed by atoms with van der Waals surface area (Å²) in [4.78, 5) is 16.2. The van der Waals surface area contributed by atoms with Gasteiger partial charge in [0.2, 0.25) is 0 Å². The standard InChI is InChI=1S/C19H14ClNO2/c20-13-8-9-15-14(10-13)16(12-6-7-12)17(18(21-15)19(22)23)11-4-2-1-3-5-11/h1-5,8-10,12H,6-7H2,(H,22,23). The first-order valence-corrected chi connectivity index (χ1v) is 7.95. The summed E-state index contributed by atoms with van der Waals surface area (Å²) in [6.07, 6.45) is 2.15. The van der Waals surface area contributed by atoms with Gasteiger partial charge in [0.25, 0.3) is 0 Å². The molecule has 23 heavy (non-hydrogen) atoms. The summed E-state index contributed by atoms with van der Waals surface area (Å²) in [5, 5.41) is 11.3. The smallest absolute Gasteiger partial charge is 0.355 e. The number of aromatic nitrogens is 1. The van der Waals surface area contributed by atoms with Crippen LogP contribution in [0.1, 0.15) is 34.8 Å². The molecule has 4 rings (SSSR count). The Morgan fingerprint density at radius 1 is 1.13 bits per heavy atom. The van der Waals surface area contributed by atoms with E-state index in [0.29, 0.717) is 16.5 Å². The molecule has 2 aromatic carbocycles. The van der Waals surface area contributed by atoms with Crippen LogP contribution >= 0.6 is 11.6 Å². The van der Waals surface area contributed by atoms with Crippen LogP contribution in [0.2, 0.25) is 5.02 Å². The van der Waals surface area contributed by atoms with Crippen LogP contribution in [-0.4, -0.2) is 16.1 Å². The van der Waals surface area contributed by atoms with Gasteiger partial charge in [0.1, 0.15) is 0 Å². The van der Waals surface area contributed by atoms with Gasteiger partial charge in [-0.05, 0) is 48.1 Å². The van der Waals surface area contributed by atoms with Crippen LogP contribution in [0.25, 0.3) is 22.0 Å². The maximum Gasteiger partial charge on any atom is 0.355 e. The molecule has 114 valence electrons. The molecule has 3 nitrogen and oxygen atoms in total. The quantitative estimate of drug-likeness (QED) is 0.726. The van der Waals surface area contributed by atoms with Crippen molar-refractivity contribution in [3.63, 3.8) is 0 Å². The number of hydrogen-bond acceptors (Lipinski definition) is 2. The highest BCUT2D eigenvalue weighted by atomic mass is 35.5. The number of rotatable bonds is 3. The van der Waals surface area contributed by atoms with E-state index in [0.717, 1.165) is 34.9 Å². The molecule has 1 aromatic heterocycles. The van der Waals surface area contributed by atoms with E-state index in [4.69, 9.17) is 11.6 Å². The molecule has 1 heterocycles. The van der Waals surface area contributed by atoms with Crippen LogP contribution in [0.15, 0.2) is 48.5 Å². The zero-order chi connectivity index (χ0) is 16.0. The average Bonchev–Trinajstić information content (AvgIpc) is 3.38. The second-order valence-electron chi connectivity index (χ2n) is 5.86. The first-order valence-electron chi connectivity index (χ1n) is 7.57. The summed E-state index contributed by atoms with van der Waals surface area (Å²) < 4.78 is 0. The average molecular weight is 324 g/mol. The first-order chi connectivity index (χ1) is 11.1. The molecule has 0 amide bonds. The minimum Gasteiger partial charge on any atom is -0.476 e. The van der Waals surface area contributed by atoms with E-state index in [9.17, 15) is 9.90 Å². The molecular formula is C19H14ClNO2. The van der Waals surface area contributed by atoms with Gasteiger partial charge in [-0.15, -0.1) is 0 Å². The van der Waals surface area contributed by atoms with Crippen LogP contribution in [0.3, 0.4) is 0 Å². The molecule has 0 atom stereocenters. The molecule has 1 N–H and O–H groups in total. The predicted octanol–water partition coefficient (Wildman–Crippen LogP) is 5.13. The van der Waals surface area contributed by atoms with Crippen LogP contribution in [0.5, 0.6) is 0 Å². The number of benzene rings is 2. The van der Waals surface area contributed by atoms with E-state index in [1.807, 2.05) is 36.4 Å². The van der Waals surface area contributed by atoms with Gasteiger partial charge in [0.05, 0.1) is 5.52 Å². The third kappa shape index (κ3) is 2.47. The molecule has 0 unspecified atom stereocenters. The van der Waals surface area contributed by atoms with Crippen molar-refractivity contribution in [1.29, 1.82) is 0 Å². The highest BCUT2D eigenvalue weighted by Gasteiger charge is 2.32. The van der Waals surface area contributed by atoms with Gasteiger partial charge in [0.15, 0.2) is 5.69 Å². The van der Waals surface area contributed by atoms with Crippen molar-refractivity contribution >= 4 is 28.5 Å². The zero-order valence-corrected chi connectivity index (χ0v) is 13.0. The second kappa shape index (κ2) is 5.36. The Morgan fingerprint density at radius 2 is 1.87 bits per heavy atom. The number of pyridine rings is 1. The number of carboxylic acid groups (broad SMARTS) is 1. The fourth-order valence-electron chi connectivity index (χ4n) is 3.11. The molecule has 3 aromatic rings. The minimum atomic E-state index is -0.998. The second-order valence-corrected chi connectivity index (χ2v) is 6.29. The highest BCUT2D eigenvalue weighted by molar-refractivity contribution is 6.31. The molecule has 0 saturated heterocycles. The van der Waals surface area contributed by atoms with Crippen LogP contribution in [0, 0.1) is 0 Å². The van der Waals surface area contributed by atoms with E-state index < -0.39 is 5.97 Å². The van der Waals surface area contributed by atoms with Gasteiger partial charge in [-0.2, -0.15) is 0 Å². The number of hydrogen-bond donors (Lipinski definition) is 1. The maximum atomic E-state index is 11.8. The summed E-state index contributed by atoms with van der Waals surface area (Å²) in [6.45, 7) is 0. The van der Waals surface area contributed by atoms with Crippen molar-refractivity contribution in [2.24, 2.45) is 0 Å². The van der Waals surface area contributed by atoms with Gasteiger partial charge in [-0.3, -0.25) is 0 Å². The van der Waals surface area contributed by atoms with Gasteiger partial charge in [0, 0.05) is 16.0 Å². The molecule has 0 spiro atoms. The third-order valence-electron chi connectivity index (χ3n) is 4.24. The van der Waals surface area contributed by atoms with E-state index in [2.05, 4.69) is 4.98 Å². The number of carbonyl (C=O) groups is 1. The summed E-state index contributed by atoms with van der Waals surface area (Å²) in [5.41, 5.74) is 3.50. The Kier molecular flexibility index (Phi) is 3.31. The normalized spacial score (nSPS) is 14.1. The number of halogens is 1. The molecule has 1 saturated carbocycles. The predicted molar refractivity (Wildman–Crippen MR) is 91.1 cm³/mol. The summed E-state index contributed by atoms with van der Waals surface area (Å²) in [5.74, 6) is -0.616. The Bertz CT molecular complexity index is 918. The van der Waals surface area contributed by atoms with Crippen LogP contribution < -0.4 is 0 Å². The fourth-order valence-corrected chi connectivity index (χ4v) is 3.28. The monoisotopic (exact) mass is 323 g/mol. The number of nitrogens with zero attached hydrogens (tertiary/aromatic N) is 1. The lowest BCUT2D eigenvalue weighted by molar-refractivity contribution is 0.0692. The highest BCUT2D eigenvalue weighted by Crippen LogP contribution is 2.48. The van der Waals surface area contributed by atoms with Gasteiger partial charge in [-0.25, -0.2) is 9.78 Å². The molecule has 0 aliphatic heterocycles. The van der Waals surface area contributed by atoms with E-state index in [1.54, 1.807) is 12.1 Å². The summed E-state index contributed by atoms with van der Waals surface area (Å²) in [6, 6.07) is 15.1. The molecule has 4 heteroatoms. The van der Waals surface area contributed by atoms with Crippen molar-refractivity contribution in [3.8, 4) is 11.1 Å². The van der Waals surface area contributed by atoms with E-state index >= 15 is 0 Å². The van der Waals surface area contributed by atoms with Crippen molar-refractivity contribution in [2.75, 3.05) is 0 Å². The Labute approximate surface area is 138 Å². The third-order valence-corrected chi connectivity index (χ3v) is 4.47. The van der Waals surface area contributed by atoms with Crippen molar-refractivity contribution in [1.82, 2.24) is 4.98 Å². The Hall–Kier alpha value is -2.39. The topological polar surface area (TPSA) is 50.2 Å². The molecular weight excluding hydrogens is 310 g/mol. The molecule has 1 aliphatic carbocycles. The van der Waals surface area contributed by atoms with Gasteiger partial charge in [-0.1, -0.05) is 41.9 Å². The lowest BCUT2D eigenvalue weighted by Crippen LogP contribution is -2.07. The van der Waals surface area contributed by atoms with E-state index in [-0.39, 0.29) is 5.69 Å². The van der Waals surface area contributed by atoms with Crippen molar-refractivity contribution < 1.29 is 9.90 Å². The Balaban J connectivity index is 2.14. The Morgan fingerprint density at radius 3 is 2.52 bits per heavy atom. The fraction of sp³-hybridized carbons (Fsp3) is 0.158. The number of fused-ring (bicyclic) bond motifs is 1. The van der Waals surface area contributed by atoms with Crippen LogP contribution in [0.4, 0.5) is 0 Å². The number of aromatic carboxylic acids is 1. The lowest BCUT2D eigenvalue weighted by atomic mass is 9.91. The maximum absolute atomic E-state index is 11.8. The minimum absolute atomic E-state index is 0.118. The lowest BCUT2D eigenvalue weighted by Gasteiger charge is -2.15. The molecule has 1 fully saturated rings. The molecule has 1 aliphatic rings. The summed E-state index contributed by atoms with van der Waals surface area (Å²) >= 11 is 6.17. The molecule has 0 bridgehead atoms. The number of carboxylic acids is 1. The summed E-state index contributed by atoms with van der Waals surface area (Å²) in [7, 11) is 0. The first kappa shape index (κ1) is 14.2. The van der Waals surface area contributed by atoms with Gasteiger partial charge < -0.3 is 5.11 Å². The van der Waals surface area contributed by atoms with Gasteiger partial charge >= 0.3 is 5.97 Å². The SMILES string of the molecule is O=C(O)c1nc2ccc(Cl)cc2c(C2CC2)c1-c1ccccc1. The van der Waals surface area contributed by atoms with Crippen molar-refractivity contribution in [3.05, 3.63) is 64.8 Å². The molecule has 0 radical (unpaired) electrons. The van der Waals surface area contributed by atoms with Crippen molar-refractivity contribution in [2.45, 2.75) is 18.8 Å². The van der Waals surface area contributed by atoms with E-state index in [1.165, 1.54) is 0 Å². The van der Waals surface area contributed by atoms with Crippen LogP contribution in [-0.2, 0) is 0 Å².